The third kappa shape index (κ3) is 2.80. The molecule has 0 aromatic carbocycles. The summed E-state index contributed by atoms with van der Waals surface area (Å²) in [5, 5.41) is 13.3. The summed E-state index contributed by atoms with van der Waals surface area (Å²) < 4.78 is 5.75. The molecule has 11 atom stereocenters. The van der Waals surface area contributed by atoms with Crippen molar-refractivity contribution in [3.8, 4) is 0 Å². The van der Waals surface area contributed by atoms with E-state index in [0.29, 0.717) is 53.7 Å². The molecule has 5 nitrogen and oxygen atoms in total. The van der Waals surface area contributed by atoms with Crippen LogP contribution in [0, 0.1) is 47.3 Å². The van der Waals surface area contributed by atoms with Crippen molar-refractivity contribution in [2.45, 2.75) is 76.0 Å². The predicted molar refractivity (Wildman–Crippen MR) is 115 cm³/mol. The molecule has 30 heavy (non-hydrogen) atoms. The van der Waals surface area contributed by atoms with Gasteiger partial charge in [0, 0.05) is 38.2 Å². The zero-order valence-corrected chi connectivity index (χ0v) is 18.5. The molecule has 11 unspecified atom stereocenters. The zero-order chi connectivity index (χ0) is 20.4. The molecule has 6 fully saturated rings. The molecular weight excluding hydrogens is 376 g/mol. The molecule has 0 aromatic rings. The van der Waals surface area contributed by atoms with Crippen molar-refractivity contribution in [2.75, 3.05) is 26.8 Å². The Balaban J connectivity index is 1.38. The van der Waals surface area contributed by atoms with Gasteiger partial charge in [-0.3, -0.25) is 9.69 Å². The summed E-state index contributed by atoms with van der Waals surface area (Å²) in [6.07, 6.45) is 12.0. The number of ether oxygens (including phenoxy) is 1. The van der Waals surface area contributed by atoms with Crippen LogP contribution in [0.15, 0.2) is 0 Å². The van der Waals surface area contributed by atoms with E-state index >= 15 is 0 Å². The molecule has 4 aliphatic carbocycles. The molecule has 2 saturated heterocycles. The van der Waals surface area contributed by atoms with Crippen LogP contribution in [0.5, 0.6) is 0 Å². The van der Waals surface area contributed by atoms with Gasteiger partial charge in [0.05, 0.1) is 12.7 Å². The van der Waals surface area contributed by atoms with E-state index in [-0.39, 0.29) is 12.5 Å². The van der Waals surface area contributed by atoms with E-state index in [0.717, 1.165) is 24.9 Å². The van der Waals surface area contributed by atoms with Crippen LogP contribution < -0.4 is 5.32 Å². The second-order valence-corrected chi connectivity index (χ2v) is 11.4. The molecule has 1 amide bonds. The minimum atomic E-state index is 0.250. The lowest BCUT2D eigenvalue weighted by atomic mass is 9.48. The first kappa shape index (κ1) is 20.0. The highest BCUT2D eigenvalue weighted by atomic mass is 16.5. The lowest BCUT2D eigenvalue weighted by Gasteiger charge is -2.57. The largest absolute Gasteiger partial charge is 0.395 e. The van der Waals surface area contributed by atoms with Crippen LogP contribution in [0.1, 0.15) is 57.8 Å². The minimum Gasteiger partial charge on any atom is -0.395 e. The number of nitrogens with one attached hydrogen (secondary N) is 1. The van der Waals surface area contributed by atoms with Crippen molar-refractivity contribution in [1.82, 2.24) is 10.2 Å². The van der Waals surface area contributed by atoms with Gasteiger partial charge in [0.25, 0.3) is 0 Å². The average molecular weight is 417 g/mol. The Kier molecular flexibility index (Phi) is 5.16. The van der Waals surface area contributed by atoms with Gasteiger partial charge < -0.3 is 15.2 Å². The summed E-state index contributed by atoms with van der Waals surface area (Å²) in [5.41, 5.74) is 0. The second-order valence-electron chi connectivity index (χ2n) is 11.4. The van der Waals surface area contributed by atoms with Gasteiger partial charge in [-0.2, -0.15) is 0 Å². The molecule has 2 heterocycles. The monoisotopic (exact) mass is 416 g/mol. The molecule has 0 radical (unpaired) electrons. The molecule has 168 valence electrons. The molecule has 4 saturated carbocycles. The van der Waals surface area contributed by atoms with Gasteiger partial charge in [-0.15, -0.1) is 0 Å². The van der Waals surface area contributed by atoms with E-state index in [4.69, 9.17) is 4.74 Å². The standard InChI is InChI=1S/C25H40N2O3/c1-30-15-7-9-16-14(12-15)6-8-18-21(16)23-19(13-26-25(23)29)22-17-4-2-3-5-20(17)27(10-11-28)24(18)22/h14-24,28H,2-13H2,1H3,(H,26,29). The molecule has 5 heteroatoms. The van der Waals surface area contributed by atoms with Crippen LogP contribution >= 0.6 is 0 Å². The molecule has 0 bridgehead atoms. The number of β-amino-alcohol motifs (C(OH)–C–C–N with tert-alkyl or cyclic N) is 1. The average Bonchev–Trinajstić information content (AvgIpc) is 3.32. The molecule has 0 spiro atoms. The van der Waals surface area contributed by atoms with Crippen LogP contribution in [0.3, 0.4) is 0 Å². The molecule has 2 N–H and O–H groups in total. The van der Waals surface area contributed by atoms with Crippen molar-refractivity contribution in [3.05, 3.63) is 0 Å². The van der Waals surface area contributed by atoms with Gasteiger partial charge in [-0.25, -0.2) is 0 Å². The summed E-state index contributed by atoms with van der Waals surface area (Å²) in [4.78, 5) is 16.0. The van der Waals surface area contributed by atoms with Crippen LogP contribution in [0.25, 0.3) is 0 Å². The third-order valence-electron chi connectivity index (χ3n) is 10.6. The molecule has 6 rings (SSSR count). The van der Waals surface area contributed by atoms with Gasteiger partial charge in [-0.05, 0) is 86.4 Å². The fourth-order valence-electron chi connectivity index (χ4n) is 9.87. The fraction of sp³-hybridized carbons (Fsp3) is 0.960. The lowest BCUT2D eigenvalue weighted by molar-refractivity contribution is -0.139. The number of carbonyl (C=O) groups excluding carboxylic acids is 1. The SMILES string of the molecule is COC1CCC2C(CCC3C2C2C(=O)NCC2C2C4CCCCC4N(CCO)C32)C1. The summed E-state index contributed by atoms with van der Waals surface area (Å²) in [7, 11) is 1.87. The fourth-order valence-corrected chi connectivity index (χ4v) is 9.87. The van der Waals surface area contributed by atoms with Crippen LogP contribution in [-0.2, 0) is 9.53 Å². The number of rotatable bonds is 3. The molecular formula is C25H40N2O3. The Morgan fingerprint density at radius 2 is 1.83 bits per heavy atom. The van der Waals surface area contributed by atoms with E-state index in [9.17, 15) is 9.90 Å². The number of amides is 1. The third-order valence-corrected chi connectivity index (χ3v) is 10.6. The van der Waals surface area contributed by atoms with E-state index in [1.54, 1.807) is 0 Å². The maximum atomic E-state index is 13.2. The maximum absolute atomic E-state index is 13.2. The van der Waals surface area contributed by atoms with Crippen molar-refractivity contribution in [2.24, 2.45) is 47.3 Å². The van der Waals surface area contributed by atoms with Crippen LogP contribution in [0.2, 0.25) is 0 Å². The Morgan fingerprint density at radius 1 is 1.00 bits per heavy atom. The first-order valence-corrected chi connectivity index (χ1v) is 12.9. The number of aliphatic hydroxyl groups is 1. The zero-order valence-electron chi connectivity index (χ0n) is 18.5. The number of carbonyl (C=O) groups is 1. The van der Waals surface area contributed by atoms with Crippen molar-refractivity contribution in [3.63, 3.8) is 0 Å². The van der Waals surface area contributed by atoms with Crippen LogP contribution in [-0.4, -0.2) is 60.9 Å². The predicted octanol–water partition coefficient (Wildman–Crippen LogP) is 2.67. The summed E-state index contributed by atoms with van der Waals surface area (Å²) in [5.74, 6) is 5.20. The minimum absolute atomic E-state index is 0.250. The van der Waals surface area contributed by atoms with Gasteiger partial charge >= 0.3 is 0 Å². The first-order chi connectivity index (χ1) is 14.7. The van der Waals surface area contributed by atoms with Gasteiger partial charge in [-0.1, -0.05) is 12.8 Å². The second kappa shape index (κ2) is 7.74. The van der Waals surface area contributed by atoms with E-state index < -0.39 is 0 Å². The van der Waals surface area contributed by atoms with Gasteiger partial charge in [0.2, 0.25) is 5.91 Å². The number of hydrogen-bond acceptors (Lipinski definition) is 4. The van der Waals surface area contributed by atoms with E-state index in [1.165, 1.54) is 57.8 Å². The number of aliphatic hydroxyl groups excluding tert-OH is 1. The smallest absolute Gasteiger partial charge is 0.223 e. The molecule has 6 aliphatic rings. The molecule has 0 aromatic heterocycles. The Bertz CT molecular complexity index is 671. The number of hydrogen-bond donors (Lipinski definition) is 2. The number of nitrogens with zero attached hydrogens (tertiary/aromatic N) is 1. The van der Waals surface area contributed by atoms with Crippen LogP contribution in [0.4, 0.5) is 0 Å². The van der Waals surface area contributed by atoms with Gasteiger partial charge in [0.15, 0.2) is 0 Å². The molecule has 2 aliphatic heterocycles. The summed E-state index contributed by atoms with van der Waals surface area (Å²) in [6, 6.07) is 1.25. The van der Waals surface area contributed by atoms with Crippen molar-refractivity contribution < 1.29 is 14.6 Å². The van der Waals surface area contributed by atoms with Gasteiger partial charge in [0.1, 0.15) is 0 Å². The highest BCUT2D eigenvalue weighted by molar-refractivity contribution is 5.82. The van der Waals surface area contributed by atoms with E-state index in [2.05, 4.69) is 10.2 Å². The summed E-state index contributed by atoms with van der Waals surface area (Å²) >= 11 is 0. The number of likely N-dealkylation sites (tertiary alicyclic amines) is 1. The normalized spacial score (nSPS) is 52.6. The Labute approximate surface area is 181 Å². The Morgan fingerprint density at radius 3 is 2.67 bits per heavy atom. The highest BCUT2D eigenvalue weighted by Gasteiger charge is 2.65. The maximum Gasteiger partial charge on any atom is 0.223 e. The van der Waals surface area contributed by atoms with Crippen molar-refractivity contribution >= 4 is 5.91 Å². The quantitative estimate of drug-likeness (QED) is 0.743. The number of methoxy groups -OCH3 is 1. The lowest BCUT2D eigenvalue weighted by Crippen LogP contribution is -2.59. The van der Waals surface area contributed by atoms with E-state index in [1.807, 2.05) is 7.11 Å². The summed E-state index contributed by atoms with van der Waals surface area (Å²) in [6.45, 7) is 2.02. The highest BCUT2D eigenvalue weighted by Crippen LogP contribution is 2.63. The van der Waals surface area contributed by atoms with Crippen molar-refractivity contribution in [1.29, 1.82) is 0 Å². The number of fused-ring (bicyclic) bond motifs is 10. The topological polar surface area (TPSA) is 61.8 Å². The Hall–Kier alpha value is -0.650. The first-order valence-electron chi connectivity index (χ1n) is 12.9.